The first kappa shape index (κ1) is 28.6. The van der Waals surface area contributed by atoms with E-state index >= 15 is 0 Å². The van der Waals surface area contributed by atoms with E-state index in [9.17, 15) is 18.0 Å². The molecule has 0 spiro atoms. The molecule has 0 aliphatic carbocycles. The van der Waals surface area contributed by atoms with Crippen molar-refractivity contribution in [3.05, 3.63) is 59.1 Å². The average molecular weight is 524 g/mol. The number of halogens is 1. The van der Waals surface area contributed by atoms with Crippen molar-refractivity contribution >= 4 is 33.4 Å². The summed E-state index contributed by atoms with van der Waals surface area (Å²) in [5.74, 6) is -0.125. The molecule has 35 heavy (non-hydrogen) atoms. The summed E-state index contributed by atoms with van der Waals surface area (Å²) in [6, 6.07) is 12.1. The van der Waals surface area contributed by atoms with E-state index in [2.05, 4.69) is 5.32 Å². The van der Waals surface area contributed by atoms with E-state index < -0.39 is 34.1 Å². The maximum atomic E-state index is 13.5. The molecule has 0 saturated carbocycles. The number of sulfonamides is 1. The first-order valence-corrected chi connectivity index (χ1v) is 13.1. The molecular formula is C25H34ClN3O5S. The molecule has 2 rings (SSSR count). The van der Waals surface area contributed by atoms with Crippen molar-refractivity contribution in [3.63, 3.8) is 0 Å². The Morgan fingerprint density at radius 1 is 1.06 bits per heavy atom. The van der Waals surface area contributed by atoms with Crippen molar-refractivity contribution in [2.45, 2.75) is 57.1 Å². The van der Waals surface area contributed by atoms with Crippen LogP contribution in [0.15, 0.2) is 53.4 Å². The lowest BCUT2D eigenvalue weighted by molar-refractivity contribution is -0.142. The fourth-order valence-electron chi connectivity index (χ4n) is 3.45. The Labute approximate surface area is 213 Å². The molecule has 1 unspecified atom stereocenters. The van der Waals surface area contributed by atoms with E-state index in [-0.39, 0.29) is 17.3 Å². The molecule has 0 aliphatic rings. The predicted molar refractivity (Wildman–Crippen MR) is 137 cm³/mol. The zero-order valence-corrected chi connectivity index (χ0v) is 22.6. The highest BCUT2D eigenvalue weighted by Crippen LogP contribution is 2.20. The molecule has 192 valence electrons. The third-order valence-corrected chi connectivity index (χ3v) is 7.35. The molecule has 2 aromatic carbocycles. The number of hydrogen-bond acceptors (Lipinski definition) is 5. The Hall–Kier alpha value is -2.62. The summed E-state index contributed by atoms with van der Waals surface area (Å²) in [4.78, 5) is 28.0. The largest absolute Gasteiger partial charge is 0.497 e. The van der Waals surface area contributed by atoms with Gasteiger partial charge in [0.15, 0.2) is 0 Å². The molecule has 0 bridgehead atoms. The first-order chi connectivity index (χ1) is 16.3. The molecule has 0 radical (unpaired) electrons. The Morgan fingerprint density at radius 2 is 1.63 bits per heavy atom. The quantitative estimate of drug-likeness (QED) is 0.512. The number of benzene rings is 2. The number of carbonyl (C=O) groups is 2. The molecule has 1 N–H and O–H groups in total. The fraction of sp³-hybridized carbons (Fsp3) is 0.440. The van der Waals surface area contributed by atoms with Gasteiger partial charge in [-0.15, -0.1) is 0 Å². The van der Waals surface area contributed by atoms with Gasteiger partial charge in [0.25, 0.3) is 0 Å². The van der Waals surface area contributed by atoms with Gasteiger partial charge in [-0.25, -0.2) is 8.42 Å². The normalized spacial score (nSPS) is 12.8. The van der Waals surface area contributed by atoms with Gasteiger partial charge in [0.1, 0.15) is 11.8 Å². The summed E-state index contributed by atoms with van der Waals surface area (Å²) in [5.41, 5.74) is 0.290. The molecular weight excluding hydrogens is 490 g/mol. The summed E-state index contributed by atoms with van der Waals surface area (Å²) in [6.07, 6.45) is 0.359. The Morgan fingerprint density at radius 3 is 2.11 bits per heavy atom. The second-order valence-corrected chi connectivity index (χ2v) is 11.7. The monoisotopic (exact) mass is 523 g/mol. The number of ether oxygens (including phenoxy) is 1. The van der Waals surface area contributed by atoms with Crippen LogP contribution in [0.2, 0.25) is 5.02 Å². The Bertz CT molecular complexity index is 1110. The van der Waals surface area contributed by atoms with Gasteiger partial charge in [-0.05, 0) is 69.2 Å². The average Bonchev–Trinajstić information content (AvgIpc) is 2.78. The van der Waals surface area contributed by atoms with Crippen LogP contribution >= 0.6 is 11.6 Å². The van der Waals surface area contributed by atoms with Crippen molar-refractivity contribution in [1.29, 1.82) is 0 Å². The standard InChI is InChI=1S/C25H34ClN3O5S/c1-7-22(24(31)27-25(2,3)4)29(16-18-8-12-20(34-6)13-9-18)23(30)17-28(5)35(32,33)21-14-10-19(26)11-15-21/h8-15,22H,7,16-17H2,1-6H3,(H,27,31). The van der Waals surface area contributed by atoms with Crippen molar-refractivity contribution in [3.8, 4) is 5.75 Å². The summed E-state index contributed by atoms with van der Waals surface area (Å²) in [5, 5.41) is 3.33. The number of nitrogens with zero attached hydrogens (tertiary/aromatic N) is 2. The number of methoxy groups -OCH3 is 1. The molecule has 0 fully saturated rings. The van der Waals surface area contributed by atoms with E-state index in [0.29, 0.717) is 17.2 Å². The van der Waals surface area contributed by atoms with Crippen LogP contribution in [-0.4, -0.2) is 61.7 Å². The highest BCUT2D eigenvalue weighted by atomic mass is 35.5. The fourth-order valence-corrected chi connectivity index (χ4v) is 4.70. The Balaban J connectivity index is 2.34. The van der Waals surface area contributed by atoms with Crippen LogP contribution in [0.4, 0.5) is 0 Å². The van der Waals surface area contributed by atoms with Crippen molar-refractivity contribution < 1.29 is 22.7 Å². The molecule has 2 aromatic rings. The summed E-state index contributed by atoms with van der Waals surface area (Å²) >= 11 is 5.87. The second kappa shape index (κ2) is 11.9. The van der Waals surface area contributed by atoms with Crippen LogP contribution in [0.3, 0.4) is 0 Å². The second-order valence-electron chi connectivity index (χ2n) is 9.25. The Kier molecular flexibility index (Phi) is 9.71. The van der Waals surface area contributed by atoms with Gasteiger partial charge in [0, 0.05) is 24.2 Å². The van der Waals surface area contributed by atoms with E-state index in [1.165, 1.54) is 36.2 Å². The van der Waals surface area contributed by atoms with Gasteiger partial charge in [-0.2, -0.15) is 4.31 Å². The van der Waals surface area contributed by atoms with Crippen LogP contribution in [0.5, 0.6) is 5.75 Å². The van der Waals surface area contributed by atoms with Gasteiger partial charge in [-0.3, -0.25) is 9.59 Å². The molecule has 2 amide bonds. The van der Waals surface area contributed by atoms with Crippen LogP contribution in [0, 0.1) is 0 Å². The minimum absolute atomic E-state index is 0.0245. The zero-order chi connectivity index (χ0) is 26.4. The summed E-state index contributed by atoms with van der Waals surface area (Å²) in [6.45, 7) is 7.10. The SMILES string of the molecule is CCC(C(=O)NC(C)(C)C)N(Cc1ccc(OC)cc1)C(=O)CN(C)S(=O)(=O)c1ccc(Cl)cc1. The van der Waals surface area contributed by atoms with Crippen molar-refractivity contribution in [2.24, 2.45) is 0 Å². The van der Waals surface area contributed by atoms with E-state index in [0.717, 1.165) is 9.87 Å². The molecule has 0 aromatic heterocycles. The molecule has 0 saturated heterocycles. The van der Waals surface area contributed by atoms with Crippen molar-refractivity contribution in [1.82, 2.24) is 14.5 Å². The van der Waals surface area contributed by atoms with Crippen LogP contribution in [-0.2, 0) is 26.2 Å². The smallest absolute Gasteiger partial charge is 0.243 e. The lowest BCUT2D eigenvalue weighted by Crippen LogP contribution is -2.55. The number of carbonyl (C=O) groups excluding carboxylic acids is 2. The lowest BCUT2D eigenvalue weighted by atomic mass is 10.1. The number of amides is 2. The lowest BCUT2D eigenvalue weighted by Gasteiger charge is -2.34. The third kappa shape index (κ3) is 7.95. The van der Waals surface area contributed by atoms with Gasteiger partial charge >= 0.3 is 0 Å². The van der Waals surface area contributed by atoms with Gasteiger partial charge in [0.05, 0.1) is 18.6 Å². The highest BCUT2D eigenvalue weighted by Gasteiger charge is 2.33. The highest BCUT2D eigenvalue weighted by molar-refractivity contribution is 7.89. The van der Waals surface area contributed by atoms with E-state index in [4.69, 9.17) is 16.3 Å². The van der Waals surface area contributed by atoms with Gasteiger partial charge in [0.2, 0.25) is 21.8 Å². The third-order valence-electron chi connectivity index (χ3n) is 5.28. The predicted octanol–water partition coefficient (Wildman–Crippen LogP) is 3.69. The van der Waals surface area contributed by atoms with Crippen LogP contribution in [0.1, 0.15) is 39.7 Å². The van der Waals surface area contributed by atoms with E-state index in [1.54, 1.807) is 19.2 Å². The number of hydrogen-bond donors (Lipinski definition) is 1. The number of likely N-dealkylation sites (N-methyl/N-ethyl adjacent to an activating group) is 1. The maximum Gasteiger partial charge on any atom is 0.243 e. The van der Waals surface area contributed by atoms with E-state index in [1.807, 2.05) is 39.8 Å². The minimum Gasteiger partial charge on any atom is -0.497 e. The molecule has 8 nitrogen and oxygen atoms in total. The molecule has 1 atom stereocenters. The molecule has 0 heterocycles. The van der Waals surface area contributed by atoms with Crippen LogP contribution < -0.4 is 10.1 Å². The number of nitrogens with one attached hydrogen (secondary N) is 1. The van der Waals surface area contributed by atoms with Crippen LogP contribution in [0.25, 0.3) is 0 Å². The van der Waals surface area contributed by atoms with Gasteiger partial charge < -0.3 is 15.0 Å². The minimum atomic E-state index is -3.94. The van der Waals surface area contributed by atoms with Crippen molar-refractivity contribution in [2.75, 3.05) is 20.7 Å². The molecule has 0 aliphatic heterocycles. The summed E-state index contributed by atoms with van der Waals surface area (Å²) < 4.78 is 32.2. The summed E-state index contributed by atoms with van der Waals surface area (Å²) in [7, 11) is -1.04. The maximum absolute atomic E-state index is 13.5. The zero-order valence-electron chi connectivity index (χ0n) is 21.0. The first-order valence-electron chi connectivity index (χ1n) is 11.2. The molecule has 10 heteroatoms. The van der Waals surface area contributed by atoms with Gasteiger partial charge in [-0.1, -0.05) is 30.7 Å². The number of rotatable bonds is 10. The topological polar surface area (TPSA) is 96.0 Å².